The summed E-state index contributed by atoms with van der Waals surface area (Å²) in [5, 5.41) is 9.28. The molecule has 0 amide bonds. The zero-order valence-electron chi connectivity index (χ0n) is 9.65. The van der Waals surface area contributed by atoms with Crippen LogP contribution < -0.4 is 0 Å². The van der Waals surface area contributed by atoms with Crippen LogP contribution in [0.15, 0.2) is 30.5 Å². The quantitative estimate of drug-likeness (QED) is 0.927. The van der Waals surface area contributed by atoms with Crippen LogP contribution in [0.5, 0.6) is 0 Å². The fourth-order valence-corrected chi connectivity index (χ4v) is 2.01. The van der Waals surface area contributed by atoms with Crippen molar-refractivity contribution >= 4 is 17.6 Å². The molecule has 0 spiro atoms. The monoisotopic (exact) mass is 267 g/mol. The van der Waals surface area contributed by atoms with E-state index in [0.29, 0.717) is 17.3 Å². The molecule has 18 heavy (non-hydrogen) atoms. The van der Waals surface area contributed by atoms with Crippen LogP contribution in [0.25, 0.3) is 0 Å². The second kappa shape index (κ2) is 4.82. The molecule has 94 valence electrons. The first-order chi connectivity index (χ1) is 8.49. The first-order valence-corrected chi connectivity index (χ1v) is 5.70. The highest BCUT2D eigenvalue weighted by Gasteiger charge is 2.12. The molecule has 0 radical (unpaired) electrons. The summed E-state index contributed by atoms with van der Waals surface area (Å²) in [7, 11) is 0. The third-order valence-electron chi connectivity index (χ3n) is 2.83. The number of nitrogens with zero attached hydrogens (tertiary/aromatic N) is 1. The summed E-state index contributed by atoms with van der Waals surface area (Å²) in [4.78, 5) is 10.9. The third kappa shape index (κ3) is 2.38. The normalized spacial score (nSPS) is 10.6. The van der Waals surface area contributed by atoms with Crippen molar-refractivity contribution in [3.05, 3.63) is 58.1 Å². The molecule has 1 N–H and O–H groups in total. The van der Waals surface area contributed by atoms with Gasteiger partial charge in [-0.15, -0.1) is 0 Å². The Hall–Kier alpha value is -1.81. The number of hydrogen-bond acceptors (Lipinski definition) is 1. The Bertz CT molecular complexity index is 607. The SMILES string of the molecule is Cc1c(C(=O)O)ccn1Cc1ccc(F)cc1Cl. The zero-order valence-corrected chi connectivity index (χ0v) is 10.4. The van der Waals surface area contributed by atoms with E-state index in [4.69, 9.17) is 16.7 Å². The van der Waals surface area contributed by atoms with Crippen molar-refractivity contribution in [1.82, 2.24) is 4.57 Å². The van der Waals surface area contributed by atoms with E-state index in [9.17, 15) is 9.18 Å². The second-order valence-electron chi connectivity index (χ2n) is 3.98. The molecule has 2 rings (SSSR count). The maximum atomic E-state index is 12.9. The van der Waals surface area contributed by atoms with E-state index >= 15 is 0 Å². The zero-order chi connectivity index (χ0) is 13.3. The van der Waals surface area contributed by atoms with Gasteiger partial charge in [-0.2, -0.15) is 0 Å². The van der Waals surface area contributed by atoms with Gasteiger partial charge in [0.05, 0.1) is 5.56 Å². The molecule has 0 saturated heterocycles. The maximum absolute atomic E-state index is 12.9. The smallest absolute Gasteiger partial charge is 0.337 e. The van der Waals surface area contributed by atoms with Gasteiger partial charge in [-0.05, 0) is 30.7 Å². The summed E-state index contributed by atoms with van der Waals surface area (Å²) < 4.78 is 14.7. The van der Waals surface area contributed by atoms with Crippen molar-refractivity contribution in [2.24, 2.45) is 0 Å². The lowest BCUT2D eigenvalue weighted by molar-refractivity contribution is 0.0696. The van der Waals surface area contributed by atoms with E-state index in [0.717, 1.165) is 5.56 Å². The molecule has 1 aromatic heterocycles. The van der Waals surface area contributed by atoms with Gasteiger partial charge in [-0.1, -0.05) is 17.7 Å². The lowest BCUT2D eigenvalue weighted by Gasteiger charge is -2.08. The summed E-state index contributed by atoms with van der Waals surface area (Å²) in [6.45, 7) is 2.14. The van der Waals surface area contributed by atoms with Gasteiger partial charge in [0.15, 0.2) is 0 Å². The van der Waals surface area contributed by atoms with Crippen molar-refractivity contribution in [3.8, 4) is 0 Å². The van der Waals surface area contributed by atoms with E-state index in [1.807, 2.05) is 0 Å². The molecule has 0 aliphatic rings. The van der Waals surface area contributed by atoms with E-state index < -0.39 is 5.97 Å². The summed E-state index contributed by atoms with van der Waals surface area (Å²) in [6, 6.07) is 5.71. The van der Waals surface area contributed by atoms with Gasteiger partial charge in [0.25, 0.3) is 0 Å². The molecule has 1 aromatic carbocycles. The predicted molar refractivity (Wildman–Crippen MR) is 66.6 cm³/mol. The largest absolute Gasteiger partial charge is 0.478 e. The minimum absolute atomic E-state index is 0.258. The molecule has 0 atom stereocenters. The Morgan fingerprint density at radius 2 is 2.17 bits per heavy atom. The van der Waals surface area contributed by atoms with Crippen LogP contribution in [0, 0.1) is 12.7 Å². The van der Waals surface area contributed by atoms with Crippen LogP contribution in [0.4, 0.5) is 4.39 Å². The average molecular weight is 268 g/mol. The fourth-order valence-electron chi connectivity index (χ4n) is 1.78. The van der Waals surface area contributed by atoms with Crippen LogP contribution in [0.3, 0.4) is 0 Å². The van der Waals surface area contributed by atoms with Gasteiger partial charge in [0.2, 0.25) is 0 Å². The Balaban J connectivity index is 2.32. The van der Waals surface area contributed by atoms with Crippen molar-refractivity contribution in [2.45, 2.75) is 13.5 Å². The van der Waals surface area contributed by atoms with Gasteiger partial charge in [0, 0.05) is 23.5 Å². The minimum Gasteiger partial charge on any atom is -0.478 e. The van der Waals surface area contributed by atoms with Gasteiger partial charge in [-0.3, -0.25) is 0 Å². The summed E-state index contributed by atoms with van der Waals surface area (Å²) >= 11 is 5.93. The molecule has 1 heterocycles. The van der Waals surface area contributed by atoms with Crippen LogP contribution >= 0.6 is 11.6 Å². The van der Waals surface area contributed by atoms with Gasteiger partial charge in [0.1, 0.15) is 5.82 Å². The maximum Gasteiger partial charge on any atom is 0.337 e. The van der Waals surface area contributed by atoms with Crippen molar-refractivity contribution in [1.29, 1.82) is 0 Å². The molecular formula is C13H11ClFNO2. The van der Waals surface area contributed by atoms with E-state index in [2.05, 4.69) is 0 Å². The number of halogens is 2. The highest BCUT2D eigenvalue weighted by atomic mass is 35.5. The molecule has 2 aromatic rings. The number of aromatic carboxylic acids is 1. The minimum atomic E-state index is -0.962. The van der Waals surface area contributed by atoms with Crippen LogP contribution in [0.1, 0.15) is 21.6 Å². The number of carbonyl (C=O) groups is 1. The molecule has 0 saturated carbocycles. The fraction of sp³-hybridized carbons (Fsp3) is 0.154. The summed E-state index contributed by atoms with van der Waals surface area (Å²) in [5.74, 6) is -1.35. The van der Waals surface area contributed by atoms with Crippen molar-refractivity contribution in [2.75, 3.05) is 0 Å². The Kier molecular flexibility index (Phi) is 3.39. The summed E-state index contributed by atoms with van der Waals surface area (Å²) in [6.07, 6.45) is 1.68. The number of hydrogen-bond donors (Lipinski definition) is 1. The molecule has 0 aliphatic heterocycles. The molecule has 0 fully saturated rings. The number of carboxylic acids is 1. The average Bonchev–Trinajstić information content (AvgIpc) is 2.64. The van der Waals surface area contributed by atoms with Gasteiger partial charge >= 0.3 is 5.97 Å². The number of aromatic nitrogens is 1. The third-order valence-corrected chi connectivity index (χ3v) is 3.18. The molecule has 3 nitrogen and oxygen atoms in total. The van der Waals surface area contributed by atoms with Crippen LogP contribution in [-0.4, -0.2) is 15.6 Å². The van der Waals surface area contributed by atoms with E-state index in [-0.39, 0.29) is 11.4 Å². The predicted octanol–water partition coefficient (Wildman–Crippen LogP) is 3.34. The lowest BCUT2D eigenvalue weighted by Crippen LogP contribution is -2.04. The van der Waals surface area contributed by atoms with Gasteiger partial charge in [-0.25, -0.2) is 9.18 Å². The van der Waals surface area contributed by atoms with E-state index in [1.54, 1.807) is 23.8 Å². The van der Waals surface area contributed by atoms with Gasteiger partial charge < -0.3 is 9.67 Å². The Morgan fingerprint density at radius 1 is 1.44 bits per heavy atom. The Labute approximate surface area is 108 Å². The summed E-state index contributed by atoms with van der Waals surface area (Å²) in [5.41, 5.74) is 1.64. The highest BCUT2D eigenvalue weighted by Crippen LogP contribution is 2.20. The molecular weight excluding hydrogens is 257 g/mol. The highest BCUT2D eigenvalue weighted by molar-refractivity contribution is 6.31. The van der Waals surface area contributed by atoms with Crippen molar-refractivity contribution < 1.29 is 14.3 Å². The first-order valence-electron chi connectivity index (χ1n) is 5.32. The standard InChI is InChI=1S/C13H11ClFNO2/c1-8-11(13(17)18)4-5-16(8)7-9-2-3-10(15)6-12(9)14/h2-6H,7H2,1H3,(H,17,18). The van der Waals surface area contributed by atoms with Crippen molar-refractivity contribution in [3.63, 3.8) is 0 Å². The van der Waals surface area contributed by atoms with Crippen LogP contribution in [-0.2, 0) is 6.54 Å². The Morgan fingerprint density at radius 3 is 2.72 bits per heavy atom. The molecule has 5 heteroatoms. The molecule has 0 aliphatic carbocycles. The molecule has 0 bridgehead atoms. The first kappa shape index (κ1) is 12.6. The number of rotatable bonds is 3. The second-order valence-corrected chi connectivity index (χ2v) is 4.39. The lowest BCUT2D eigenvalue weighted by atomic mass is 10.2. The van der Waals surface area contributed by atoms with E-state index in [1.165, 1.54) is 18.2 Å². The number of benzene rings is 1. The molecule has 0 unspecified atom stereocenters. The number of carboxylic acid groups (broad SMARTS) is 1. The topological polar surface area (TPSA) is 42.2 Å². The van der Waals surface area contributed by atoms with Crippen LogP contribution in [0.2, 0.25) is 5.02 Å².